The van der Waals surface area contributed by atoms with Crippen LogP contribution in [0.2, 0.25) is 13.1 Å². The molecule has 0 saturated carbocycles. The van der Waals surface area contributed by atoms with E-state index < -0.39 is 14.6 Å². The summed E-state index contributed by atoms with van der Waals surface area (Å²) >= 11 is 0. The van der Waals surface area contributed by atoms with Gasteiger partial charge >= 0.3 is 0 Å². The van der Waals surface area contributed by atoms with Gasteiger partial charge in [-0.15, -0.1) is 0 Å². The number of rotatable bonds is 4. The quantitative estimate of drug-likeness (QED) is 0.737. The standard InChI is InChI=1S/C12H16F2OSi/c1-4-15-11-6-5-9(10(14)8-13)7-12(11)16(2)3/h5-8,16H,4H2,1-3H3. The molecule has 0 fully saturated rings. The molecule has 0 amide bonds. The van der Waals surface area contributed by atoms with Crippen molar-refractivity contribution in [3.05, 3.63) is 30.1 Å². The summed E-state index contributed by atoms with van der Waals surface area (Å²) in [6, 6.07) is 4.94. The fraction of sp³-hybridized carbons (Fsp3) is 0.333. The Kier molecular flexibility index (Phi) is 4.67. The smallest absolute Gasteiger partial charge is 0.158 e. The lowest BCUT2D eigenvalue weighted by Gasteiger charge is -2.13. The highest BCUT2D eigenvalue weighted by atomic mass is 28.3. The van der Waals surface area contributed by atoms with Gasteiger partial charge in [-0.25, -0.2) is 8.78 Å². The number of hydrogen-bond acceptors (Lipinski definition) is 1. The van der Waals surface area contributed by atoms with E-state index in [9.17, 15) is 8.78 Å². The first-order chi connectivity index (χ1) is 7.60. The van der Waals surface area contributed by atoms with Gasteiger partial charge in [0, 0.05) is 5.56 Å². The molecule has 0 aliphatic rings. The van der Waals surface area contributed by atoms with Crippen molar-refractivity contribution in [2.24, 2.45) is 0 Å². The Hall–Kier alpha value is -1.16. The lowest BCUT2D eigenvalue weighted by atomic mass is 10.2. The topological polar surface area (TPSA) is 9.23 Å². The SMILES string of the molecule is CCOc1ccc(C(F)=CF)cc1[SiH](C)C. The normalized spacial score (nSPS) is 12.0. The average Bonchev–Trinajstić information content (AvgIpc) is 2.28. The van der Waals surface area contributed by atoms with E-state index in [-0.39, 0.29) is 11.9 Å². The van der Waals surface area contributed by atoms with Crippen molar-refractivity contribution >= 4 is 19.8 Å². The lowest BCUT2D eigenvalue weighted by Crippen LogP contribution is -2.25. The van der Waals surface area contributed by atoms with Crippen LogP contribution in [0.5, 0.6) is 5.75 Å². The van der Waals surface area contributed by atoms with E-state index in [2.05, 4.69) is 13.1 Å². The molecule has 0 spiro atoms. The number of halogens is 2. The van der Waals surface area contributed by atoms with Crippen LogP contribution in [0, 0.1) is 0 Å². The van der Waals surface area contributed by atoms with Gasteiger partial charge in [0.05, 0.1) is 15.4 Å². The van der Waals surface area contributed by atoms with Crippen molar-refractivity contribution in [2.45, 2.75) is 20.0 Å². The van der Waals surface area contributed by atoms with E-state index in [1.165, 1.54) is 6.07 Å². The second kappa shape index (κ2) is 5.79. The van der Waals surface area contributed by atoms with Crippen molar-refractivity contribution in [2.75, 3.05) is 6.61 Å². The predicted molar refractivity (Wildman–Crippen MR) is 66.3 cm³/mol. The van der Waals surface area contributed by atoms with Crippen molar-refractivity contribution in [3.8, 4) is 5.75 Å². The molecule has 1 nitrogen and oxygen atoms in total. The third kappa shape index (κ3) is 2.92. The van der Waals surface area contributed by atoms with Crippen LogP contribution in [-0.4, -0.2) is 15.4 Å². The Balaban J connectivity index is 3.17. The zero-order chi connectivity index (χ0) is 12.1. The van der Waals surface area contributed by atoms with Crippen LogP contribution >= 0.6 is 0 Å². The minimum Gasteiger partial charge on any atom is -0.494 e. The second-order valence-electron chi connectivity index (χ2n) is 3.80. The zero-order valence-corrected chi connectivity index (χ0v) is 10.9. The van der Waals surface area contributed by atoms with E-state index >= 15 is 0 Å². The molecule has 4 heteroatoms. The summed E-state index contributed by atoms with van der Waals surface area (Å²) in [6.07, 6.45) is -0.0126. The Morgan fingerprint density at radius 2 is 2.12 bits per heavy atom. The van der Waals surface area contributed by atoms with Crippen molar-refractivity contribution in [1.29, 1.82) is 0 Å². The molecule has 0 atom stereocenters. The largest absolute Gasteiger partial charge is 0.494 e. The summed E-state index contributed by atoms with van der Waals surface area (Å²) in [5, 5.41) is 1.02. The predicted octanol–water partition coefficient (Wildman–Crippen LogP) is 3.02. The molecule has 0 aromatic heterocycles. The van der Waals surface area contributed by atoms with Gasteiger partial charge in [0.2, 0.25) is 0 Å². The first-order valence-corrected chi connectivity index (χ1v) is 8.21. The van der Waals surface area contributed by atoms with Crippen LogP contribution in [0.25, 0.3) is 5.83 Å². The summed E-state index contributed by atoms with van der Waals surface area (Å²) in [5.41, 5.74) is 0.280. The summed E-state index contributed by atoms with van der Waals surface area (Å²) in [5.74, 6) is -0.0430. The van der Waals surface area contributed by atoms with Gasteiger partial charge in [-0.05, 0) is 30.3 Å². The van der Waals surface area contributed by atoms with Gasteiger partial charge in [-0.2, -0.15) is 0 Å². The van der Waals surface area contributed by atoms with Gasteiger partial charge in [0.1, 0.15) is 12.1 Å². The summed E-state index contributed by atoms with van der Waals surface area (Å²) in [7, 11) is -1.12. The molecule has 0 aliphatic carbocycles. The van der Waals surface area contributed by atoms with Gasteiger partial charge in [-0.3, -0.25) is 0 Å². The molecule has 1 rings (SSSR count). The number of ether oxygens (including phenoxy) is 1. The van der Waals surface area contributed by atoms with Crippen molar-refractivity contribution in [1.82, 2.24) is 0 Å². The van der Waals surface area contributed by atoms with Crippen LogP contribution < -0.4 is 9.92 Å². The van der Waals surface area contributed by atoms with Crippen LogP contribution in [0.15, 0.2) is 24.5 Å². The molecular formula is C12H16F2OSi. The number of benzene rings is 1. The Bertz CT molecular complexity index is 389. The van der Waals surface area contributed by atoms with E-state index in [4.69, 9.17) is 4.74 Å². The molecule has 0 radical (unpaired) electrons. The first-order valence-electron chi connectivity index (χ1n) is 5.33. The zero-order valence-electron chi connectivity index (χ0n) is 9.76. The highest BCUT2D eigenvalue weighted by molar-refractivity contribution is 6.71. The fourth-order valence-electron chi connectivity index (χ4n) is 1.50. The molecule has 0 N–H and O–H groups in total. The summed E-state index contributed by atoms with van der Waals surface area (Å²) in [6.45, 7) is 6.73. The summed E-state index contributed by atoms with van der Waals surface area (Å²) in [4.78, 5) is 0. The Morgan fingerprint density at radius 1 is 1.44 bits per heavy atom. The third-order valence-electron chi connectivity index (χ3n) is 2.30. The van der Waals surface area contributed by atoms with Gasteiger partial charge in [-0.1, -0.05) is 13.1 Å². The third-order valence-corrected chi connectivity index (χ3v) is 4.00. The monoisotopic (exact) mass is 242 g/mol. The molecular weight excluding hydrogens is 226 g/mol. The van der Waals surface area contributed by atoms with E-state index in [0.717, 1.165) is 10.9 Å². The van der Waals surface area contributed by atoms with Crippen LogP contribution in [0.4, 0.5) is 8.78 Å². The average molecular weight is 242 g/mol. The molecule has 0 saturated heterocycles. The fourth-order valence-corrected chi connectivity index (χ4v) is 2.76. The van der Waals surface area contributed by atoms with Crippen LogP contribution in [0.1, 0.15) is 12.5 Å². The maximum absolute atomic E-state index is 13.1. The van der Waals surface area contributed by atoms with Gasteiger partial charge in [0.25, 0.3) is 0 Å². The van der Waals surface area contributed by atoms with Crippen LogP contribution in [-0.2, 0) is 0 Å². The first kappa shape index (κ1) is 12.9. The maximum atomic E-state index is 13.1. The molecule has 88 valence electrons. The maximum Gasteiger partial charge on any atom is 0.158 e. The molecule has 0 unspecified atom stereocenters. The summed E-state index contributed by atoms with van der Waals surface area (Å²) < 4.78 is 30.6. The molecule has 0 heterocycles. The second-order valence-corrected chi connectivity index (χ2v) is 6.73. The van der Waals surface area contributed by atoms with Crippen LogP contribution in [0.3, 0.4) is 0 Å². The highest BCUT2D eigenvalue weighted by Gasteiger charge is 2.11. The minimum atomic E-state index is -1.12. The van der Waals surface area contributed by atoms with E-state index in [1.54, 1.807) is 12.1 Å². The van der Waals surface area contributed by atoms with Crippen molar-refractivity contribution in [3.63, 3.8) is 0 Å². The number of hydrogen-bond donors (Lipinski definition) is 0. The molecule has 1 aromatic rings. The van der Waals surface area contributed by atoms with Gasteiger partial charge in [0.15, 0.2) is 5.83 Å². The van der Waals surface area contributed by atoms with Gasteiger partial charge < -0.3 is 4.74 Å². The Morgan fingerprint density at radius 3 is 2.62 bits per heavy atom. The highest BCUT2D eigenvalue weighted by Crippen LogP contribution is 2.19. The van der Waals surface area contributed by atoms with E-state index in [0.29, 0.717) is 6.61 Å². The van der Waals surface area contributed by atoms with Crippen molar-refractivity contribution < 1.29 is 13.5 Å². The molecule has 1 aromatic carbocycles. The van der Waals surface area contributed by atoms with E-state index in [1.807, 2.05) is 6.92 Å². The minimum absolute atomic E-state index is 0.0126. The lowest BCUT2D eigenvalue weighted by molar-refractivity contribution is 0.343. The molecule has 0 bridgehead atoms. The molecule has 0 aliphatic heterocycles. The Labute approximate surface area is 96.4 Å². The molecule has 16 heavy (non-hydrogen) atoms.